The zero-order valence-corrected chi connectivity index (χ0v) is 10.7. The number of aryl methyl sites for hydroxylation is 1. The van der Waals surface area contributed by atoms with Crippen molar-refractivity contribution in [1.29, 1.82) is 0 Å². The molecule has 2 aromatic heterocycles. The molecule has 0 spiro atoms. The number of aromatic nitrogens is 2. The number of ether oxygens (including phenoxy) is 1. The molecule has 0 fully saturated rings. The van der Waals surface area contributed by atoms with Crippen LogP contribution >= 0.6 is 0 Å². The molecule has 0 saturated carbocycles. The Balaban J connectivity index is 2.03. The fourth-order valence-electron chi connectivity index (χ4n) is 1.90. The van der Waals surface area contributed by atoms with Gasteiger partial charge in [-0.1, -0.05) is 0 Å². The van der Waals surface area contributed by atoms with Crippen LogP contribution < -0.4 is 16.1 Å². The fourth-order valence-corrected chi connectivity index (χ4v) is 1.90. The molecular weight excluding hydrogens is 258 g/mol. The summed E-state index contributed by atoms with van der Waals surface area (Å²) in [5.74, 6) is 1.15. The summed E-state index contributed by atoms with van der Waals surface area (Å²) >= 11 is 0. The Morgan fingerprint density at radius 3 is 2.85 bits per heavy atom. The standard InChI is InChI=1S/C14H11N3O3/c1-8-4-14(18)20-11-5-9(2-3-10(8)11)19-13-6-12(15)16-7-17-13/h2-7H,1H3,(H2,15,16,17). The molecule has 0 amide bonds. The SMILES string of the molecule is Cc1cc(=O)oc2cc(Oc3cc(N)ncn3)ccc12. The van der Waals surface area contributed by atoms with Crippen molar-refractivity contribution >= 4 is 16.8 Å². The molecule has 1 aromatic carbocycles. The number of anilines is 1. The second kappa shape index (κ2) is 4.65. The number of rotatable bonds is 2. The molecule has 0 unspecified atom stereocenters. The Morgan fingerprint density at radius 1 is 1.20 bits per heavy atom. The van der Waals surface area contributed by atoms with Crippen LogP contribution in [0, 0.1) is 6.92 Å². The smallest absolute Gasteiger partial charge is 0.336 e. The largest absolute Gasteiger partial charge is 0.439 e. The molecule has 0 aliphatic heterocycles. The van der Waals surface area contributed by atoms with Gasteiger partial charge in [-0.25, -0.2) is 14.8 Å². The summed E-state index contributed by atoms with van der Waals surface area (Å²) in [6, 6.07) is 8.20. The predicted octanol–water partition coefficient (Wildman–Crippen LogP) is 2.27. The molecule has 2 heterocycles. The maximum absolute atomic E-state index is 11.4. The Bertz CT molecular complexity index is 842. The monoisotopic (exact) mass is 269 g/mol. The third-order valence-electron chi connectivity index (χ3n) is 2.81. The van der Waals surface area contributed by atoms with Gasteiger partial charge in [0.1, 0.15) is 23.5 Å². The molecule has 20 heavy (non-hydrogen) atoms. The van der Waals surface area contributed by atoms with Gasteiger partial charge < -0.3 is 14.9 Å². The lowest BCUT2D eigenvalue weighted by atomic mass is 10.1. The molecule has 2 N–H and O–H groups in total. The van der Waals surface area contributed by atoms with Crippen LogP contribution in [0.2, 0.25) is 0 Å². The number of benzene rings is 1. The number of hydrogen-bond donors (Lipinski definition) is 1. The minimum atomic E-state index is -0.390. The first kappa shape index (κ1) is 12.2. The average Bonchev–Trinajstić information content (AvgIpc) is 2.38. The predicted molar refractivity (Wildman–Crippen MR) is 73.7 cm³/mol. The van der Waals surface area contributed by atoms with E-state index in [-0.39, 0.29) is 0 Å². The highest BCUT2D eigenvalue weighted by Gasteiger charge is 2.05. The minimum Gasteiger partial charge on any atom is -0.439 e. The summed E-state index contributed by atoms with van der Waals surface area (Å²) < 4.78 is 10.7. The van der Waals surface area contributed by atoms with Gasteiger partial charge in [0.15, 0.2) is 0 Å². The van der Waals surface area contributed by atoms with Crippen LogP contribution in [0.1, 0.15) is 5.56 Å². The van der Waals surface area contributed by atoms with Crippen LogP contribution in [0.25, 0.3) is 11.0 Å². The van der Waals surface area contributed by atoms with E-state index in [0.717, 1.165) is 10.9 Å². The zero-order chi connectivity index (χ0) is 14.1. The highest BCUT2D eigenvalue weighted by Crippen LogP contribution is 2.25. The van der Waals surface area contributed by atoms with Gasteiger partial charge in [-0.3, -0.25) is 0 Å². The molecule has 0 bridgehead atoms. The molecule has 3 aromatic rings. The van der Waals surface area contributed by atoms with Crippen LogP contribution in [0.15, 0.2) is 45.9 Å². The van der Waals surface area contributed by atoms with Crippen molar-refractivity contribution in [2.45, 2.75) is 6.92 Å². The topological polar surface area (TPSA) is 91.2 Å². The third-order valence-corrected chi connectivity index (χ3v) is 2.81. The van der Waals surface area contributed by atoms with Gasteiger partial charge in [-0.15, -0.1) is 0 Å². The minimum absolute atomic E-state index is 0.318. The molecule has 100 valence electrons. The van der Waals surface area contributed by atoms with Gasteiger partial charge in [0, 0.05) is 23.6 Å². The summed E-state index contributed by atoms with van der Waals surface area (Å²) in [5.41, 5.74) is 6.48. The molecule has 0 aliphatic rings. The van der Waals surface area contributed by atoms with E-state index in [2.05, 4.69) is 9.97 Å². The van der Waals surface area contributed by atoms with E-state index in [4.69, 9.17) is 14.9 Å². The summed E-state index contributed by atoms with van der Waals surface area (Å²) in [5, 5.41) is 0.860. The lowest BCUT2D eigenvalue weighted by Gasteiger charge is -2.06. The summed E-state index contributed by atoms with van der Waals surface area (Å²) in [6.07, 6.45) is 1.32. The van der Waals surface area contributed by atoms with Crippen molar-refractivity contribution in [3.8, 4) is 11.6 Å². The lowest BCUT2D eigenvalue weighted by Crippen LogP contribution is -1.98. The van der Waals surface area contributed by atoms with E-state index in [1.165, 1.54) is 18.5 Å². The fraction of sp³-hybridized carbons (Fsp3) is 0.0714. The van der Waals surface area contributed by atoms with E-state index < -0.39 is 5.63 Å². The first-order valence-corrected chi connectivity index (χ1v) is 5.92. The maximum Gasteiger partial charge on any atom is 0.336 e. The van der Waals surface area contributed by atoms with Crippen molar-refractivity contribution in [3.05, 3.63) is 52.6 Å². The first-order valence-electron chi connectivity index (χ1n) is 5.92. The Hall–Kier alpha value is -2.89. The van der Waals surface area contributed by atoms with E-state index in [9.17, 15) is 4.79 Å². The quantitative estimate of drug-likeness (QED) is 0.717. The second-order valence-electron chi connectivity index (χ2n) is 4.29. The van der Waals surface area contributed by atoms with Crippen LogP contribution in [-0.4, -0.2) is 9.97 Å². The van der Waals surface area contributed by atoms with Crippen molar-refractivity contribution in [3.63, 3.8) is 0 Å². The van der Waals surface area contributed by atoms with Gasteiger partial charge in [0.2, 0.25) is 5.88 Å². The highest BCUT2D eigenvalue weighted by atomic mass is 16.5. The Morgan fingerprint density at radius 2 is 2.05 bits per heavy atom. The van der Waals surface area contributed by atoms with E-state index in [1.807, 2.05) is 13.0 Å². The summed E-state index contributed by atoms with van der Waals surface area (Å²) in [4.78, 5) is 19.1. The molecule has 0 aliphatic carbocycles. The molecule has 0 saturated heterocycles. The highest BCUT2D eigenvalue weighted by molar-refractivity contribution is 5.81. The van der Waals surface area contributed by atoms with E-state index >= 15 is 0 Å². The first-order chi connectivity index (χ1) is 9.61. The van der Waals surface area contributed by atoms with Crippen LogP contribution in [0.4, 0.5) is 5.82 Å². The lowest BCUT2D eigenvalue weighted by molar-refractivity contribution is 0.460. The summed E-state index contributed by atoms with van der Waals surface area (Å²) in [6.45, 7) is 1.85. The van der Waals surface area contributed by atoms with Gasteiger partial charge in [-0.2, -0.15) is 0 Å². The van der Waals surface area contributed by atoms with Crippen molar-refractivity contribution < 1.29 is 9.15 Å². The molecule has 0 radical (unpaired) electrons. The number of nitrogen functional groups attached to an aromatic ring is 1. The van der Waals surface area contributed by atoms with E-state index in [0.29, 0.717) is 23.0 Å². The van der Waals surface area contributed by atoms with Crippen molar-refractivity contribution in [2.75, 3.05) is 5.73 Å². The van der Waals surface area contributed by atoms with Crippen molar-refractivity contribution in [2.24, 2.45) is 0 Å². The van der Waals surface area contributed by atoms with Gasteiger partial charge in [0.25, 0.3) is 0 Å². The second-order valence-corrected chi connectivity index (χ2v) is 4.29. The maximum atomic E-state index is 11.4. The number of hydrogen-bond acceptors (Lipinski definition) is 6. The molecule has 3 rings (SSSR count). The van der Waals surface area contributed by atoms with Gasteiger partial charge in [-0.05, 0) is 24.6 Å². The normalized spacial score (nSPS) is 10.7. The molecule has 6 nitrogen and oxygen atoms in total. The van der Waals surface area contributed by atoms with Crippen molar-refractivity contribution in [1.82, 2.24) is 9.97 Å². The molecular formula is C14H11N3O3. The third kappa shape index (κ3) is 2.31. The Kier molecular flexibility index (Phi) is 2.83. The zero-order valence-electron chi connectivity index (χ0n) is 10.7. The van der Waals surface area contributed by atoms with Crippen LogP contribution in [0.3, 0.4) is 0 Å². The van der Waals surface area contributed by atoms with Gasteiger partial charge >= 0.3 is 5.63 Å². The number of fused-ring (bicyclic) bond motifs is 1. The number of nitrogens with two attached hydrogens (primary N) is 1. The van der Waals surface area contributed by atoms with Crippen LogP contribution in [0.5, 0.6) is 11.6 Å². The van der Waals surface area contributed by atoms with Gasteiger partial charge in [0.05, 0.1) is 0 Å². The van der Waals surface area contributed by atoms with E-state index in [1.54, 1.807) is 12.1 Å². The summed E-state index contributed by atoms with van der Waals surface area (Å²) in [7, 11) is 0. The molecule has 0 atom stereocenters. The average molecular weight is 269 g/mol. The Labute approximate surface area is 113 Å². The molecule has 6 heteroatoms. The number of nitrogens with zero attached hydrogens (tertiary/aromatic N) is 2. The van der Waals surface area contributed by atoms with Crippen LogP contribution in [-0.2, 0) is 0 Å².